The minimum atomic E-state index is 0.235. The van der Waals surface area contributed by atoms with E-state index in [2.05, 4.69) is 23.4 Å². The normalized spacial score (nSPS) is 12.7. The molecule has 0 aliphatic carbocycles. The summed E-state index contributed by atoms with van der Waals surface area (Å²) in [7, 11) is 3.93. The summed E-state index contributed by atoms with van der Waals surface area (Å²) in [6.45, 7) is 2.08. The van der Waals surface area contributed by atoms with Gasteiger partial charge >= 0.3 is 0 Å². The van der Waals surface area contributed by atoms with Crippen LogP contribution in [0, 0.1) is 6.92 Å². The molecule has 18 heavy (non-hydrogen) atoms. The molecule has 1 unspecified atom stereocenters. The molecule has 0 saturated heterocycles. The van der Waals surface area contributed by atoms with E-state index in [4.69, 9.17) is 11.6 Å². The van der Waals surface area contributed by atoms with E-state index >= 15 is 0 Å². The van der Waals surface area contributed by atoms with Crippen molar-refractivity contribution in [2.75, 3.05) is 7.05 Å². The molecule has 2 aromatic rings. The van der Waals surface area contributed by atoms with Crippen molar-refractivity contribution < 1.29 is 0 Å². The van der Waals surface area contributed by atoms with Gasteiger partial charge in [0.15, 0.2) is 0 Å². The van der Waals surface area contributed by atoms with E-state index < -0.39 is 0 Å². The maximum atomic E-state index is 6.21. The van der Waals surface area contributed by atoms with Gasteiger partial charge in [-0.15, -0.1) is 0 Å². The molecule has 0 amide bonds. The molecule has 1 N–H and O–H groups in total. The lowest BCUT2D eigenvalue weighted by molar-refractivity contribution is 0.586. The number of hydrogen-bond donors (Lipinski definition) is 1. The van der Waals surface area contributed by atoms with Gasteiger partial charge in [0.05, 0.1) is 6.20 Å². The van der Waals surface area contributed by atoms with E-state index in [0.717, 1.165) is 17.0 Å². The molecule has 0 fully saturated rings. The molecule has 0 spiro atoms. The summed E-state index contributed by atoms with van der Waals surface area (Å²) in [5.41, 5.74) is 3.56. The van der Waals surface area contributed by atoms with Crippen LogP contribution in [0.2, 0.25) is 5.02 Å². The number of hydrogen-bond acceptors (Lipinski definition) is 2. The highest BCUT2D eigenvalue weighted by Gasteiger charge is 2.16. The number of aromatic nitrogens is 2. The summed E-state index contributed by atoms with van der Waals surface area (Å²) in [5, 5.41) is 8.45. The molecule has 3 nitrogen and oxygen atoms in total. The second-order valence-electron chi connectivity index (χ2n) is 4.45. The SMILES string of the molecule is CNC(Cc1ccccc1Cl)c1cnn(C)c1C. The fourth-order valence-corrected chi connectivity index (χ4v) is 2.32. The summed E-state index contributed by atoms with van der Waals surface area (Å²) < 4.78 is 1.90. The Balaban J connectivity index is 2.25. The van der Waals surface area contributed by atoms with Gasteiger partial charge in [-0.3, -0.25) is 4.68 Å². The lowest BCUT2D eigenvalue weighted by Gasteiger charge is -2.17. The van der Waals surface area contributed by atoms with E-state index in [0.29, 0.717) is 0 Å². The highest BCUT2D eigenvalue weighted by Crippen LogP contribution is 2.24. The van der Waals surface area contributed by atoms with Crippen LogP contribution in [0.5, 0.6) is 0 Å². The second kappa shape index (κ2) is 5.55. The van der Waals surface area contributed by atoms with Gasteiger partial charge in [-0.05, 0) is 32.0 Å². The Morgan fingerprint density at radius 2 is 2.11 bits per heavy atom. The average molecular weight is 264 g/mol. The topological polar surface area (TPSA) is 29.9 Å². The van der Waals surface area contributed by atoms with Gasteiger partial charge in [0.1, 0.15) is 0 Å². The molecule has 2 rings (SSSR count). The zero-order valence-electron chi connectivity index (χ0n) is 10.9. The van der Waals surface area contributed by atoms with Crippen LogP contribution in [0.25, 0.3) is 0 Å². The molecular weight excluding hydrogens is 246 g/mol. The Bertz CT molecular complexity index is 534. The number of likely N-dealkylation sites (N-methyl/N-ethyl adjacent to an activating group) is 1. The van der Waals surface area contributed by atoms with Crippen molar-refractivity contribution in [2.24, 2.45) is 7.05 Å². The number of benzene rings is 1. The summed E-state index contributed by atoms with van der Waals surface area (Å²) in [6, 6.07) is 8.20. The van der Waals surface area contributed by atoms with Gasteiger partial charge in [0, 0.05) is 29.4 Å². The van der Waals surface area contributed by atoms with Crippen molar-refractivity contribution in [3.63, 3.8) is 0 Å². The van der Waals surface area contributed by atoms with Gasteiger partial charge in [-0.25, -0.2) is 0 Å². The van der Waals surface area contributed by atoms with E-state index in [1.165, 1.54) is 11.3 Å². The quantitative estimate of drug-likeness (QED) is 0.919. The largest absolute Gasteiger partial charge is 0.313 e. The minimum Gasteiger partial charge on any atom is -0.313 e. The Kier molecular flexibility index (Phi) is 4.04. The van der Waals surface area contributed by atoms with Crippen LogP contribution in [0.3, 0.4) is 0 Å². The Labute approximate surface area is 113 Å². The van der Waals surface area contributed by atoms with Gasteiger partial charge in [0.25, 0.3) is 0 Å². The van der Waals surface area contributed by atoms with Crippen LogP contribution >= 0.6 is 11.6 Å². The van der Waals surface area contributed by atoms with Gasteiger partial charge in [-0.1, -0.05) is 29.8 Å². The minimum absolute atomic E-state index is 0.235. The van der Waals surface area contributed by atoms with Crippen molar-refractivity contribution >= 4 is 11.6 Å². The molecule has 0 aliphatic rings. The molecule has 1 heterocycles. The van der Waals surface area contributed by atoms with Crippen LogP contribution in [-0.2, 0) is 13.5 Å². The van der Waals surface area contributed by atoms with Gasteiger partial charge in [0.2, 0.25) is 0 Å². The van der Waals surface area contributed by atoms with E-state index in [1.54, 1.807) is 0 Å². The van der Waals surface area contributed by atoms with Crippen molar-refractivity contribution in [3.05, 3.63) is 52.3 Å². The molecule has 0 bridgehead atoms. The van der Waals surface area contributed by atoms with E-state index in [9.17, 15) is 0 Å². The van der Waals surface area contributed by atoms with Crippen molar-refractivity contribution in [1.29, 1.82) is 0 Å². The third kappa shape index (κ3) is 2.57. The molecule has 96 valence electrons. The first kappa shape index (κ1) is 13.1. The maximum Gasteiger partial charge on any atom is 0.0540 e. The number of halogens is 1. The average Bonchev–Trinajstić information content (AvgIpc) is 2.70. The van der Waals surface area contributed by atoms with Crippen LogP contribution < -0.4 is 5.32 Å². The summed E-state index contributed by atoms with van der Waals surface area (Å²) in [4.78, 5) is 0. The Morgan fingerprint density at radius 1 is 1.39 bits per heavy atom. The van der Waals surface area contributed by atoms with Gasteiger partial charge in [-0.2, -0.15) is 5.10 Å². The maximum absolute atomic E-state index is 6.21. The summed E-state index contributed by atoms with van der Waals surface area (Å²) in [5.74, 6) is 0. The van der Waals surface area contributed by atoms with Crippen LogP contribution in [-0.4, -0.2) is 16.8 Å². The third-order valence-electron chi connectivity index (χ3n) is 3.38. The first-order valence-corrected chi connectivity index (χ1v) is 6.40. The number of nitrogens with zero attached hydrogens (tertiary/aromatic N) is 2. The zero-order valence-corrected chi connectivity index (χ0v) is 11.7. The molecule has 1 aromatic heterocycles. The fourth-order valence-electron chi connectivity index (χ4n) is 2.11. The standard InChI is InChI=1S/C14H18ClN3/c1-10-12(9-17-18(10)3)14(16-2)8-11-6-4-5-7-13(11)15/h4-7,9,14,16H,8H2,1-3H3. The Hall–Kier alpha value is -1.32. The highest BCUT2D eigenvalue weighted by atomic mass is 35.5. The summed E-state index contributed by atoms with van der Waals surface area (Å²) in [6.07, 6.45) is 2.79. The molecule has 4 heteroatoms. The molecule has 0 aliphatic heterocycles. The van der Waals surface area contributed by atoms with E-state index in [1.807, 2.05) is 43.2 Å². The lowest BCUT2D eigenvalue weighted by Crippen LogP contribution is -2.19. The predicted molar refractivity (Wildman–Crippen MR) is 74.9 cm³/mol. The fraction of sp³-hybridized carbons (Fsp3) is 0.357. The van der Waals surface area contributed by atoms with E-state index in [-0.39, 0.29) is 6.04 Å². The van der Waals surface area contributed by atoms with Crippen molar-refractivity contribution in [2.45, 2.75) is 19.4 Å². The lowest BCUT2D eigenvalue weighted by atomic mass is 9.99. The number of rotatable bonds is 4. The predicted octanol–water partition coefficient (Wildman–Crippen LogP) is 2.89. The highest BCUT2D eigenvalue weighted by molar-refractivity contribution is 6.31. The first-order chi connectivity index (χ1) is 8.63. The van der Waals surface area contributed by atoms with Crippen molar-refractivity contribution in [3.8, 4) is 0 Å². The number of aryl methyl sites for hydroxylation is 1. The molecule has 0 radical (unpaired) electrons. The second-order valence-corrected chi connectivity index (χ2v) is 4.85. The zero-order chi connectivity index (χ0) is 13.1. The molecule has 1 aromatic carbocycles. The Morgan fingerprint density at radius 3 is 2.67 bits per heavy atom. The van der Waals surface area contributed by atoms with Crippen LogP contribution in [0.15, 0.2) is 30.5 Å². The summed E-state index contributed by atoms with van der Waals surface area (Å²) >= 11 is 6.21. The van der Waals surface area contributed by atoms with Crippen LogP contribution in [0.4, 0.5) is 0 Å². The van der Waals surface area contributed by atoms with Gasteiger partial charge < -0.3 is 5.32 Å². The van der Waals surface area contributed by atoms with Crippen molar-refractivity contribution in [1.82, 2.24) is 15.1 Å². The smallest absolute Gasteiger partial charge is 0.0540 e. The molecule has 0 saturated carbocycles. The van der Waals surface area contributed by atoms with Crippen LogP contribution in [0.1, 0.15) is 22.9 Å². The third-order valence-corrected chi connectivity index (χ3v) is 3.75. The first-order valence-electron chi connectivity index (χ1n) is 6.02. The molecular formula is C14H18ClN3. The molecule has 1 atom stereocenters. The monoisotopic (exact) mass is 263 g/mol. The number of nitrogens with one attached hydrogen (secondary N) is 1.